The van der Waals surface area contributed by atoms with Crippen LogP contribution in [0.4, 0.5) is 14.5 Å². The van der Waals surface area contributed by atoms with Crippen molar-refractivity contribution in [3.8, 4) is 0 Å². The van der Waals surface area contributed by atoms with Crippen molar-refractivity contribution in [2.75, 3.05) is 18.5 Å². The van der Waals surface area contributed by atoms with Crippen LogP contribution < -0.4 is 16.5 Å². The molecule has 1 rings (SSSR count). The van der Waals surface area contributed by atoms with Crippen molar-refractivity contribution < 1.29 is 28.6 Å². The summed E-state index contributed by atoms with van der Waals surface area (Å²) in [5.41, 5.74) is 7.94. The average Bonchev–Trinajstić information content (AvgIpc) is 2.67. The first-order valence-corrected chi connectivity index (χ1v) is 8.41. The van der Waals surface area contributed by atoms with Gasteiger partial charge in [0, 0.05) is 5.70 Å². The van der Waals surface area contributed by atoms with Gasteiger partial charge in [-0.2, -0.15) is 0 Å². The normalized spacial score (nSPS) is 13.2. The molecule has 0 heterocycles. The number of amides is 1. The first kappa shape index (κ1) is 23.6. The van der Waals surface area contributed by atoms with Crippen LogP contribution in [-0.4, -0.2) is 35.4 Å². The van der Waals surface area contributed by atoms with E-state index in [4.69, 9.17) is 27.3 Å². The second-order valence-electron chi connectivity index (χ2n) is 5.83. The average molecular weight is 418 g/mol. The fourth-order valence-corrected chi connectivity index (χ4v) is 2.13. The highest BCUT2D eigenvalue weighted by Crippen LogP contribution is 2.30. The van der Waals surface area contributed by atoms with Crippen LogP contribution in [0.3, 0.4) is 0 Å². The summed E-state index contributed by atoms with van der Waals surface area (Å²) in [5, 5.41) is 19.8. The standard InChI is InChI=1S/C18H22ClF2N3O4/c1-9(6-22)4-10(2)11(3)23-17-13(5-14(19)15(20)16(17)21)18(27)24-28-8-12(26)7-25/h4-6,12,23,25-26H,3,7-8,22H2,1-2H3,(H,24,27)/b9-6-,10-4-. The highest BCUT2D eigenvalue weighted by Gasteiger charge is 2.23. The van der Waals surface area contributed by atoms with Crippen molar-refractivity contribution >= 4 is 23.2 Å². The predicted octanol–water partition coefficient (Wildman–Crippen LogP) is 2.37. The molecule has 10 heteroatoms. The van der Waals surface area contributed by atoms with Crippen LogP contribution in [0.2, 0.25) is 5.02 Å². The number of hydrogen-bond donors (Lipinski definition) is 5. The van der Waals surface area contributed by atoms with Crippen LogP contribution in [-0.2, 0) is 4.84 Å². The van der Waals surface area contributed by atoms with E-state index in [1.54, 1.807) is 19.9 Å². The lowest BCUT2D eigenvalue weighted by molar-refractivity contribution is -0.0295. The Balaban J connectivity index is 3.16. The smallest absolute Gasteiger partial charge is 0.277 e. The summed E-state index contributed by atoms with van der Waals surface area (Å²) < 4.78 is 28.3. The quantitative estimate of drug-likeness (QED) is 0.239. The van der Waals surface area contributed by atoms with Crippen molar-refractivity contribution in [1.29, 1.82) is 0 Å². The van der Waals surface area contributed by atoms with Gasteiger partial charge in [-0.3, -0.25) is 9.63 Å². The fourth-order valence-electron chi connectivity index (χ4n) is 1.93. The number of rotatable bonds is 9. The fraction of sp³-hybridized carbons (Fsp3) is 0.278. The molecule has 0 aliphatic rings. The Morgan fingerprint density at radius 2 is 2.07 bits per heavy atom. The van der Waals surface area contributed by atoms with Gasteiger partial charge in [-0.25, -0.2) is 14.3 Å². The van der Waals surface area contributed by atoms with Crippen LogP contribution in [0.25, 0.3) is 0 Å². The molecule has 28 heavy (non-hydrogen) atoms. The lowest BCUT2D eigenvalue weighted by Gasteiger charge is -2.17. The largest absolute Gasteiger partial charge is 0.404 e. The molecule has 1 aromatic carbocycles. The number of hydrogen-bond acceptors (Lipinski definition) is 6. The molecule has 0 saturated carbocycles. The summed E-state index contributed by atoms with van der Waals surface area (Å²) in [5.74, 6) is -3.68. The van der Waals surface area contributed by atoms with E-state index in [9.17, 15) is 18.7 Å². The minimum atomic E-state index is -1.38. The van der Waals surface area contributed by atoms with E-state index in [-0.39, 0.29) is 11.3 Å². The summed E-state index contributed by atoms with van der Waals surface area (Å²) in [6.45, 7) is 6.13. The van der Waals surface area contributed by atoms with Gasteiger partial charge in [0.05, 0.1) is 22.9 Å². The molecule has 1 unspecified atom stereocenters. The van der Waals surface area contributed by atoms with Gasteiger partial charge in [0.15, 0.2) is 11.6 Å². The Hall–Kier alpha value is -2.46. The molecule has 0 aromatic heterocycles. The molecular weight excluding hydrogens is 396 g/mol. The highest BCUT2D eigenvalue weighted by atomic mass is 35.5. The Morgan fingerprint density at radius 3 is 2.64 bits per heavy atom. The van der Waals surface area contributed by atoms with Gasteiger partial charge < -0.3 is 21.3 Å². The topological polar surface area (TPSA) is 117 Å². The van der Waals surface area contributed by atoms with Gasteiger partial charge in [0.25, 0.3) is 5.91 Å². The van der Waals surface area contributed by atoms with Crippen molar-refractivity contribution in [3.63, 3.8) is 0 Å². The number of carbonyl (C=O) groups excluding carboxylic acids is 1. The van der Waals surface area contributed by atoms with Crippen molar-refractivity contribution in [3.05, 3.63) is 64.0 Å². The van der Waals surface area contributed by atoms with E-state index < -0.39 is 47.6 Å². The number of anilines is 1. The number of aliphatic hydroxyl groups is 2. The van der Waals surface area contributed by atoms with E-state index in [0.717, 1.165) is 6.07 Å². The number of aliphatic hydroxyl groups excluding tert-OH is 2. The van der Waals surface area contributed by atoms with Gasteiger partial charge in [-0.15, -0.1) is 0 Å². The third-order valence-electron chi connectivity index (χ3n) is 3.52. The minimum Gasteiger partial charge on any atom is -0.404 e. The third kappa shape index (κ3) is 6.31. The summed E-state index contributed by atoms with van der Waals surface area (Å²) in [7, 11) is 0. The lowest BCUT2D eigenvalue weighted by atomic mass is 10.1. The molecule has 0 bridgehead atoms. The van der Waals surface area contributed by atoms with Crippen LogP contribution >= 0.6 is 11.6 Å². The first-order valence-electron chi connectivity index (χ1n) is 8.04. The zero-order chi connectivity index (χ0) is 21.4. The third-order valence-corrected chi connectivity index (χ3v) is 3.79. The molecule has 1 amide bonds. The van der Waals surface area contributed by atoms with Crippen LogP contribution in [0.5, 0.6) is 0 Å². The molecule has 6 N–H and O–H groups in total. The second-order valence-corrected chi connectivity index (χ2v) is 6.24. The number of nitrogens with one attached hydrogen (secondary N) is 2. The molecular formula is C18H22ClF2N3O4. The number of allylic oxidation sites excluding steroid dienone is 3. The minimum absolute atomic E-state index is 0.187. The maximum atomic E-state index is 14.4. The van der Waals surface area contributed by atoms with E-state index in [1.165, 1.54) is 6.20 Å². The van der Waals surface area contributed by atoms with Gasteiger partial charge >= 0.3 is 0 Å². The molecule has 0 spiro atoms. The maximum Gasteiger partial charge on any atom is 0.277 e. The van der Waals surface area contributed by atoms with E-state index in [0.29, 0.717) is 11.1 Å². The van der Waals surface area contributed by atoms with Crippen LogP contribution in [0.15, 0.2) is 41.8 Å². The molecule has 0 saturated heterocycles. The van der Waals surface area contributed by atoms with Gasteiger partial charge in [-0.1, -0.05) is 24.3 Å². The summed E-state index contributed by atoms with van der Waals surface area (Å²) in [6.07, 6.45) is 1.78. The summed E-state index contributed by atoms with van der Waals surface area (Å²) in [4.78, 5) is 17.0. The summed E-state index contributed by atoms with van der Waals surface area (Å²) >= 11 is 5.64. The van der Waals surface area contributed by atoms with Gasteiger partial charge in [0.2, 0.25) is 0 Å². The Bertz CT molecular complexity index is 813. The molecule has 154 valence electrons. The Kier molecular flexibility index (Phi) is 9.07. The SMILES string of the molecule is C=C(Nc1c(C(=O)NOCC(O)CO)cc(Cl)c(F)c1F)/C(C)=C\C(C)=C/N. The zero-order valence-electron chi connectivity index (χ0n) is 15.4. The number of halogens is 3. The van der Waals surface area contributed by atoms with Crippen LogP contribution in [0, 0.1) is 11.6 Å². The molecule has 0 radical (unpaired) electrons. The predicted molar refractivity (Wildman–Crippen MR) is 102 cm³/mol. The molecule has 7 nitrogen and oxygen atoms in total. The number of nitrogens with two attached hydrogens (primary N) is 1. The van der Waals surface area contributed by atoms with Crippen molar-refractivity contribution in [2.45, 2.75) is 20.0 Å². The molecule has 1 aromatic rings. The molecule has 0 aliphatic heterocycles. The molecule has 0 fully saturated rings. The monoisotopic (exact) mass is 417 g/mol. The molecule has 0 aliphatic carbocycles. The van der Waals surface area contributed by atoms with Crippen LogP contribution in [0.1, 0.15) is 24.2 Å². The van der Waals surface area contributed by atoms with E-state index in [2.05, 4.69) is 11.9 Å². The van der Waals surface area contributed by atoms with E-state index >= 15 is 0 Å². The second kappa shape index (κ2) is 10.8. The lowest BCUT2D eigenvalue weighted by Crippen LogP contribution is -2.30. The summed E-state index contributed by atoms with van der Waals surface area (Å²) in [6, 6.07) is 0.917. The Labute approximate surface area is 166 Å². The first-order chi connectivity index (χ1) is 13.1. The van der Waals surface area contributed by atoms with Crippen molar-refractivity contribution in [2.24, 2.45) is 5.73 Å². The number of benzene rings is 1. The highest BCUT2D eigenvalue weighted by molar-refractivity contribution is 6.31. The Morgan fingerprint density at radius 1 is 1.43 bits per heavy atom. The maximum absolute atomic E-state index is 14.4. The number of carbonyl (C=O) groups is 1. The van der Waals surface area contributed by atoms with E-state index in [1.807, 2.05) is 5.48 Å². The molecule has 1 atom stereocenters. The number of hydroxylamine groups is 1. The zero-order valence-corrected chi connectivity index (χ0v) is 16.1. The van der Waals surface area contributed by atoms with Crippen molar-refractivity contribution in [1.82, 2.24) is 5.48 Å². The van der Waals surface area contributed by atoms with Gasteiger partial charge in [-0.05, 0) is 37.3 Å². The van der Waals surface area contributed by atoms with Gasteiger partial charge in [0.1, 0.15) is 12.7 Å².